The van der Waals surface area contributed by atoms with Gasteiger partial charge in [-0.05, 0) is 31.5 Å². The van der Waals surface area contributed by atoms with Crippen LogP contribution in [0.1, 0.15) is 19.8 Å². The largest absolute Gasteiger partial charge is 0.494 e. The summed E-state index contributed by atoms with van der Waals surface area (Å²) in [6.45, 7) is 1.90. The third-order valence-corrected chi connectivity index (χ3v) is 3.42. The van der Waals surface area contributed by atoms with Gasteiger partial charge in [0.25, 0.3) is 0 Å². The quantitative estimate of drug-likeness (QED) is 0.772. The van der Waals surface area contributed by atoms with Gasteiger partial charge in [-0.15, -0.1) is 0 Å². The van der Waals surface area contributed by atoms with E-state index in [2.05, 4.69) is 15.9 Å². The van der Waals surface area contributed by atoms with Gasteiger partial charge in [-0.25, -0.2) is 4.79 Å². The number of ether oxygens (including phenoxy) is 1. The first-order valence-electron chi connectivity index (χ1n) is 6.28. The van der Waals surface area contributed by atoms with Crippen molar-refractivity contribution in [2.24, 2.45) is 0 Å². The zero-order valence-corrected chi connectivity index (χ0v) is 13.1. The first kappa shape index (κ1) is 16.5. The number of likely N-dealkylation sites (N-methyl/N-ethyl adjacent to an activating group) is 1. The van der Waals surface area contributed by atoms with E-state index in [1.54, 1.807) is 0 Å². The van der Waals surface area contributed by atoms with Crippen molar-refractivity contribution < 1.29 is 19.4 Å². The number of halogens is 1. The number of hydrogen-bond acceptors (Lipinski definition) is 3. The Kier molecular flexibility index (Phi) is 6.51. The molecule has 0 bridgehead atoms. The van der Waals surface area contributed by atoms with Gasteiger partial charge in [-0.1, -0.05) is 22.0 Å². The summed E-state index contributed by atoms with van der Waals surface area (Å²) in [7, 11) is 1.50. The molecule has 0 aliphatic rings. The van der Waals surface area contributed by atoms with Crippen molar-refractivity contribution in [3.05, 3.63) is 28.7 Å². The summed E-state index contributed by atoms with van der Waals surface area (Å²) in [5.41, 5.74) is 0. The lowest BCUT2D eigenvalue weighted by molar-refractivity contribution is -0.148. The third kappa shape index (κ3) is 5.21. The molecule has 110 valence electrons. The fraction of sp³-hybridized carbons (Fsp3) is 0.429. The number of aliphatic carboxylic acids is 1. The van der Waals surface area contributed by atoms with Crippen molar-refractivity contribution >= 4 is 27.8 Å². The minimum Gasteiger partial charge on any atom is -0.494 e. The third-order valence-electron chi connectivity index (χ3n) is 2.93. The van der Waals surface area contributed by atoms with Gasteiger partial charge in [0.2, 0.25) is 5.91 Å². The Balaban J connectivity index is 2.30. The molecule has 0 radical (unpaired) electrons. The van der Waals surface area contributed by atoms with Gasteiger partial charge in [0.1, 0.15) is 11.8 Å². The van der Waals surface area contributed by atoms with Crippen LogP contribution in [0, 0.1) is 0 Å². The molecule has 1 N–H and O–H groups in total. The average molecular weight is 344 g/mol. The number of carboxylic acid groups (broad SMARTS) is 1. The second kappa shape index (κ2) is 7.89. The van der Waals surface area contributed by atoms with Gasteiger partial charge in [0.15, 0.2) is 0 Å². The predicted octanol–water partition coefficient (Wildman–Crippen LogP) is 2.54. The lowest BCUT2D eigenvalue weighted by Crippen LogP contribution is -2.40. The van der Waals surface area contributed by atoms with Gasteiger partial charge < -0.3 is 14.7 Å². The van der Waals surface area contributed by atoms with Crippen molar-refractivity contribution in [3.63, 3.8) is 0 Å². The Bertz CT molecular complexity index is 478. The molecule has 0 heterocycles. The summed E-state index contributed by atoms with van der Waals surface area (Å²) in [6.07, 6.45) is 0.810. The highest BCUT2D eigenvalue weighted by Gasteiger charge is 2.20. The van der Waals surface area contributed by atoms with E-state index in [9.17, 15) is 9.59 Å². The molecular formula is C14H18BrNO4. The highest BCUT2D eigenvalue weighted by molar-refractivity contribution is 9.10. The van der Waals surface area contributed by atoms with Crippen LogP contribution in [0.3, 0.4) is 0 Å². The van der Waals surface area contributed by atoms with E-state index in [1.165, 1.54) is 18.9 Å². The Morgan fingerprint density at radius 1 is 1.45 bits per heavy atom. The van der Waals surface area contributed by atoms with Crippen LogP contribution >= 0.6 is 15.9 Å². The van der Waals surface area contributed by atoms with Crippen LogP contribution in [0.5, 0.6) is 5.75 Å². The zero-order chi connectivity index (χ0) is 15.1. The van der Waals surface area contributed by atoms with E-state index in [4.69, 9.17) is 9.84 Å². The normalized spacial score (nSPS) is 11.8. The Morgan fingerprint density at radius 3 is 2.75 bits per heavy atom. The summed E-state index contributed by atoms with van der Waals surface area (Å²) >= 11 is 3.35. The van der Waals surface area contributed by atoms with Crippen LogP contribution in [-0.2, 0) is 9.59 Å². The molecule has 20 heavy (non-hydrogen) atoms. The minimum absolute atomic E-state index is 0.197. The maximum Gasteiger partial charge on any atom is 0.326 e. The van der Waals surface area contributed by atoms with E-state index in [0.29, 0.717) is 13.0 Å². The van der Waals surface area contributed by atoms with Crippen LogP contribution < -0.4 is 4.74 Å². The van der Waals surface area contributed by atoms with Crippen molar-refractivity contribution in [1.82, 2.24) is 4.90 Å². The molecule has 0 fully saturated rings. The van der Waals surface area contributed by atoms with Crippen LogP contribution in [0.15, 0.2) is 28.7 Å². The van der Waals surface area contributed by atoms with Crippen molar-refractivity contribution in [2.45, 2.75) is 25.8 Å². The van der Waals surface area contributed by atoms with E-state index in [-0.39, 0.29) is 12.3 Å². The molecule has 0 aliphatic carbocycles. The van der Waals surface area contributed by atoms with Crippen molar-refractivity contribution in [2.75, 3.05) is 13.7 Å². The number of nitrogens with zero attached hydrogens (tertiary/aromatic N) is 1. The van der Waals surface area contributed by atoms with E-state index in [0.717, 1.165) is 10.2 Å². The number of hydrogen-bond donors (Lipinski definition) is 1. The van der Waals surface area contributed by atoms with Gasteiger partial charge in [-0.2, -0.15) is 0 Å². The number of carbonyl (C=O) groups excluding carboxylic acids is 1. The monoisotopic (exact) mass is 343 g/mol. The minimum atomic E-state index is -1.01. The molecule has 0 spiro atoms. The molecule has 5 nitrogen and oxygen atoms in total. The molecule has 0 aliphatic heterocycles. The highest BCUT2D eigenvalue weighted by atomic mass is 79.9. The molecular weight excluding hydrogens is 326 g/mol. The Hall–Kier alpha value is -1.56. The van der Waals surface area contributed by atoms with Crippen molar-refractivity contribution in [1.29, 1.82) is 0 Å². The zero-order valence-electron chi connectivity index (χ0n) is 11.5. The van der Waals surface area contributed by atoms with Crippen molar-refractivity contribution in [3.8, 4) is 5.75 Å². The molecule has 0 aromatic heterocycles. The van der Waals surface area contributed by atoms with Crippen LogP contribution in [0.25, 0.3) is 0 Å². The van der Waals surface area contributed by atoms with Crippen LogP contribution in [0.2, 0.25) is 0 Å². The molecule has 6 heteroatoms. The fourth-order valence-electron chi connectivity index (χ4n) is 1.53. The molecule has 1 rings (SSSR count). The molecule has 1 aromatic rings. The van der Waals surface area contributed by atoms with E-state index in [1.807, 2.05) is 24.3 Å². The number of amides is 1. The van der Waals surface area contributed by atoms with Crippen LogP contribution in [-0.4, -0.2) is 41.6 Å². The molecule has 0 saturated heterocycles. The summed E-state index contributed by atoms with van der Waals surface area (Å²) < 4.78 is 6.44. The van der Waals surface area contributed by atoms with Gasteiger partial charge in [0, 0.05) is 17.9 Å². The molecule has 1 amide bonds. The lowest BCUT2D eigenvalue weighted by atomic mass is 10.2. The van der Waals surface area contributed by atoms with Crippen LogP contribution in [0.4, 0.5) is 0 Å². The first-order chi connectivity index (χ1) is 9.41. The second-order valence-electron chi connectivity index (χ2n) is 4.43. The number of rotatable bonds is 7. The molecule has 1 atom stereocenters. The second-order valence-corrected chi connectivity index (χ2v) is 5.34. The van der Waals surface area contributed by atoms with E-state index < -0.39 is 12.0 Å². The number of carboxylic acids is 1. The molecule has 1 aromatic carbocycles. The lowest BCUT2D eigenvalue weighted by Gasteiger charge is -2.21. The predicted molar refractivity (Wildman–Crippen MR) is 78.7 cm³/mol. The number of benzene rings is 1. The first-order valence-corrected chi connectivity index (χ1v) is 7.08. The Labute approximate surface area is 126 Å². The smallest absolute Gasteiger partial charge is 0.326 e. The SMILES string of the molecule is CC(C(=O)O)N(C)C(=O)CCCOc1cccc(Br)c1. The summed E-state index contributed by atoms with van der Waals surface area (Å²) in [5.74, 6) is -0.469. The standard InChI is InChI=1S/C14H18BrNO4/c1-10(14(18)19)16(2)13(17)7-4-8-20-12-6-3-5-11(15)9-12/h3,5-6,9-10H,4,7-8H2,1-2H3,(H,18,19). The maximum atomic E-state index is 11.8. The molecule has 0 saturated carbocycles. The van der Waals surface area contributed by atoms with E-state index >= 15 is 0 Å². The Morgan fingerprint density at radius 2 is 2.15 bits per heavy atom. The maximum absolute atomic E-state index is 11.8. The summed E-state index contributed by atoms with van der Waals surface area (Å²) in [6, 6.07) is 6.64. The van der Waals surface area contributed by atoms with Gasteiger partial charge in [0.05, 0.1) is 6.61 Å². The van der Waals surface area contributed by atoms with Gasteiger partial charge >= 0.3 is 5.97 Å². The topological polar surface area (TPSA) is 66.8 Å². The fourth-order valence-corrected chi connectivity index (χ4v) is 1.91. The highest BCUT2D eigenvalue weighted by Crippen LogP contribution is 2.17. The average Bonchev–Trinajstić information content (AvgIpc) is 2.41. The summed E-state index contributed by atoms with van der Waals surface area (Å²) in [4.78, 5) is 23.8. The van der Waals surface area contributed by atoms with Gasteiger partial charge in [-0.3, -0.25) is 4.79 Å². The molecule has 1 unspecified atom stereocenters. The number of carbonyl (C=O) groups is 2. The summed E-state index contributed by atoms with van der Waals surface area (Å²) in [5, 5.41) is 8.82.